The molecule has 1 fully saturated rings. The minimum atomic E-state index is -1.28. The number of aryl methyl sites for hydroxylation is 1. The van der Waals surface area contributed by atoms with Crippen molar-refractivity contribution in [1.29, 1.82) is 0 Å². The quantitative estimate of drug-likeness (QED) is 0.462. The highest BCUT2D eigenvalue weighted by atomic mass is 32.2. The predicted molar refractivity (Wildman–Crippen MR) is 129 cm³/mol. The van der Waals surface area contributed by atoms with E-state index >= 15 is 0 Å². The van der Waals surface area contributed by atoms with Crippen molar-refractivity contribution < 1.29 is 19.0 Å². The Hall–Kier alpha value is -2.96. The number of anilines is 2. The molecule has 0 aromatic carbocycles. The maximum atomic E-state index is 12.7. The van der Waals surface area contributed by atoms with Gasteiger partial charge in [-0.3, -0.25) is 14.4 Å². The molecule has 5 heterocycles. The molecule has 3 aromatic heterocycles. The average molecular weight is 500 g/mol. The second-order valence-corrected chi connectivity index (χ2v) is 10.7. The molecule has 11 nitrogen and oxygen atoms in total. The lowest BCUT2D eigenvalue weighted by Gasteiger charge is -2.33. The zero-order chi connectivity index (χ0) is 24.5. The van der Waals surface area contributed by atoms with Gasteiger partial charge in [-0.15, -0.1) is 0 Å². The number of hydrogen-bond acceptors (Lipinski definition) is 11. The molecule has 2 atom stereocenters. The fourth-order valence-electron chi connectivity index (χ4n) is 4.54. The summed E-state index contributed by atoms with van der Waals surface area (Å²) in [6.07, 6.45) is 5.53. The van der Waals surface area contributed by atoms with Gasteiger partial charge in [0.05, 0.1) is 29.1 Å². The molecular formula is C23H29N7O4S. The summed E-state index contributed by atoms with van der Waals surface area (Å²) in [5.74, 6) is 2.45. The van der Waals surface area contributed by atoms with E-state index in [1.54, 1.807) is 12.4 Å². The van der Waals surface area contributed by atoms with Crippen LogP contribution in [0.4, 0.5) is 11.8 Å². The minimum absolute atomic E-state index is 0.0314. The van der Waals surface area contributed by atoms with Crippen LogP contribution in [0.1, 0.15) is 44.2 Å². The fraction of sp³-hybridized carbons (Fsp3) is 0.522. The summed E-state index contributed by atoms with van der Waals surface area (Å²) in [5.41, 5.74) is 1.56. The molecule has 5 rings (SSSR count). The molecule has 35 heavy (non-hydrogen) atoms. The number of aromatic nitrogens is 5. The largest absolute Gasteiger partial charge is 0.394 e. The monoisotopic (exact) mass is 499 g/mol. The van der Waals surface area contributed by atoms with Crippen molar-refractivity contribution in [3.63, 3.8) is 0 Å². The van der Waals surface area contributed by atoms with Crippen LogP contribution in [-0.4, -0.2) is 71.1 Å². The molecule has 0 radical (unpaired) electrons. The van der Waals surface area contributed by atoms with Crippen molar-refractivity contribution in [3.05, 3.63) is 36.1 Å². The number of pyridine rings is 1. The van der Waals surface area contributed by atoms with Gasteiger partial charge in [0.25, 0.3) is 0 Å². The number of hydroxylamine groups is 1. The smallest absolute Gasteiger partial charge is 0.230 e. The lowest BCUT2D eigenvalue weighted by atomic mass is 9.97. The molecule has 12 heteroatoms. The Balaban J connectivity index is 1.35. The number of rotatable bonds is 7. The van der Waals surface area contributed by atoms with Gasteiger partial charge >= 0.3 is 0 Å². The first-order chi connectivity index (χ1) is 17.0. The van der Waals surface area contributed by atoms with Crippen molar-refractivity contribution >= 4 is 22.6 Å². The van der Waals surface area contributed by atoms with Crippen LogP contribution in [0.3, 0.4) is 0 Å². The van der Waals surface area contributed by atoms with Crippen LogP contribution in [0.15, 0.2) is 33.9 Å². The van der Waals surface area contributed by atoms with Gasteiger partial charge in [0.2, 0.25) is 17.7 Å². The number of piperidine rings is 1. The predicted octanol–water partition coefficient (Wildman–Crippen LogP) is 2.18. The molecule has 2 aliphatic rings. The van der Waals surface area contributed by atoms with Gasteiger partial charge in [-0.2, -0.15) is 9.97 Å². The molecule has 1 saturated heterocycles. The van der Waals surface area contributed by atoms with Crippen LogP contribution in [0.5, 0.6) is 0 Å². The SMILES string of the molecule is CC(C)[C@H](CO)N(O)c1nc(N2CCC(c3nc(-c4ccncc4)no3)CC2)nc2c1S(=O)CC2. The Morgan fingerprint density at radius 2 is 1.94 bits per heavy atom. The highest BCUT2D eigenvalue weighted by Gasteiger charge is 2.34. The zero-order valence-corrected chi connectivity index (χ0v) is 20.6. The topological polar surface area (TPSA) is 142 Å². The van der Waals surface area contributed by atoms with Crippen molar-refractivity contribution in [3.8, 4) is 11.4 Å². The Morgan fingerprint density at radius 1 is 1.20 bits per heavy atom. The van der Waals surface area contributed by atoms with Crippen molar-refractivity contribution in [2.24, 2.45) is 5.92 Å². The molecular weight excluding hydrogens is 470 g/mol. The number of hydrogen-bond donors (Lipinski definition) is 2. The first-order valence-electron chi connectivity index (χ1n) is 11.8. The summed E-state index contributed by atoms with van der Waals surface area (Å²) in [5, 5.41) is 25.9. The summed E-state index contributed by atoms with van der Waals surface area (Å²) in [6, 6.07) is 3.13. The lowest BCUT2D eigenvalue weighted by Crippen LogP contribution is -2.41. The summed E-state index contributed by atoms with van der Waals surface area (Å²) >= 11 is 0. The molecule has 186 valence electrons. The van der Waals surface area contributed by atoms with E-state index in [0.717, 1.165) is 23.5 Å². The van der Waals surface area contributed by atoms with Gasteiger partial charge in [-0.25, -0.2) is 10.0 Å². The van der Waals surface area contributed by atoms with Crippen molar-refractivity contribution in [1.82, 2.24) is 25.1 Å². The highest BCUT2D eigenvalue weighted by molar-refractivity contribution is 7.85. The minimum Gasteiger partial charge on any atom is -0.394 e. The summed E-state index contributed by atoms with van der Waals surface area (Å²) in [4.78, 5) is 20.5. The van der Waals surface area contributed by atoms with Gasteiger partial charge in [0.15, 0.2) is 5.82 Å². The third-order valence-corrected chi connectivity index (χ3v) is 8.10. The second kappa shape index (κ2) is 9.96. The Labute approximate surface area is 205 Å². The second-order valence-electron chi connectivity index (χ2n) is 9.21. The first kappa shape index (κ1) is 23.8. The van der Waals surface area contributed by atoms with E-state index < -0.39 is 16.8 Å². The third-order valence-electron chi connectivity index (χ3n) is 6.65. The maximum Gasteiger partial charge on any atom is 0.230 e. The van der Waals surface area contributed by atoms with Gasteiger partial charge in [0, 0.05) is 49.1 Å². The molecule has 0 saturated carbocycles. The van der Waals surface area contributed by atoms with Crippen molar-refractivity contribution in [2.75, 3.05) is 35.4 Å². The molecule has 3 aromatic rings. The fourth-order valence-corrected chi connectivity index (χ4v) is 5.87. The van der Waals surface area contributed by atoms with Crippen LogP contribution in [0.25, 0.3) is 11.4 Å². The highest BCUT2D eigenvalue weighted by Crippen LogP contribution is 2.35. The van der Waals surface area contributed by atoms with E-state index in [1.165, 1.54) is 0 Å². The summed E-state index contributed by atoms with van der Waals surface area (Å²) < 4.78 is 18.2. The van der Waals surface area contributed by atoms with Gasteiger partial charge < -0.3 is 14.5 Å². The lowest BCUT2D eigenvalue weighted by molar-refractivity contribution is 0.132. The van der Waals surface area contributed by atoms with Gasteiger partial charge in [0.1, 0.15) is 4.90 Å². The summed E-state index contributed by atoms with van der Waals surface area (Å²) in [7, 11) is -1.28. The molecule has 2 N–H and O–H groups in total. The maximum absolute atomic E-state index is 12.7. The van der Waals surface area contributed by atoms with E-state index in [4.69, 9.17) is 9.51 Å². The van der Waals surface area contributed by atoms with Crippen molar-refractivity contribution in [2.45, 2.75) is 50.0 Å². The molecule has 0 spiro atoms. The Morgan fingerprint density at radius 3 is 2.63 bits per heavy atom. The normalized spacial score (nSPS) is 19.2. The molecule has 1 unspecified atom stereocenters. The van der Waals surface area contributed by atoms with E-state index in [-0.39, 0.29) is 24.3 Å². The van der Waals surface area contributed by atoms with Crippen LogP contribution in [0, 0.1) is 5.92 Å². The van der Waals surface area contributed by atoms with Crippen LogP contribution in [0.2, 0.25) is 0 Å². The Kier molecular flexibility index (Phi) is 6.76. The van der Waals surface area contributed by atoms with Gasteiger partial charge in [-0.05, 0) is 30.9 Å². The van der Waals surface area contributed by atoms with E-state index in [2.05, 4.69) is 25.0 Å². The third kappa shape index (κ3) is 4.65. The number of aliphatic hydroxyl groups is 1. The summed E-state index contributed by atoms with van der Waals surface area (Å²) in [6.45, 7) is 4.93. The average Bonchev–Trinajstić information content (AvgIpc) is 3.52. The molecule has 0 aliphatic carbocycles. The van der Waals surface area contributed by atoms with Crippen LogP contribution >= 0.6 is 0 Å². The Bertz CT molecular complexity index is 1200. The van der Waals surface area contributed by atoms with E-state index in [0.29, 0.717) is 53.5 Å². The molecule has 0 amide bonds. The van der Waals surface area contributed by atoms with E-state index in [1.807, 2.05) is 26.0 Å². The zero-order valence-electron chi connectivity index (χ0n) is 19.7. The van der Waals surface area contributed by atoms with E-state index in [9.17, 15) is 14.5 Å². The first-order valence-corrected chi connectivity index (χ1v) is 13.1. The standard InChI is InChI=1S/C23H29N7O4S/c1-14(2)18(13-31)30(32)21-19-17(7-12-35(19)33)25-23(27-21)29-10-5-16(6-11-29)22-26-20(28-34-22)15-3-8-24-9-4-15/h3-4,8-9,14,16,18,31-32H,5-7,10-13H2,1-2H3/t18-,35?/m0/s1. The number of aliphatic hydroxyl groups excluding tert-OH is 1. The van der Waals surface area contributed by atoms with Gasteiger partial charge in [-0.1, -0.05) is 19.0 Å². The number of fused-ring (bicyclic) bond motifs is 1. The van der Waals surface area contributed by atoms with Crippen LogP contribution in [-0.2, 0) is 17.2 Å². The molecule has 2 aliphatic heterocycles. The van der Waals surface area contributed by atoms with Crippen LogP contribution < -0.4 is 9.96 Å². The molecule has 0 bridgehead atoms. The number of nitrogens with zero attached hydrogens (tertiary/aromatic N) is 7.